The maximum absolute atomic E-state index is 10.4. The van der Waals surface area contributed by atoms with E-state index in [4.69, 9.17) is 10.8 Å². The lowest BCUT2D eigenvalue weighted by molar-refractivity contribution is -0.138. The molecule has 3 N–H and O–H groups in total. The van der Waals surface area contributed by atoms with Crippen molar-refractivity contribution in [2.45, 2.75) is 12.5 Å². The van der Waals surface area contributed by atoms with Gasteiger partial charge >= 0.3 is 5.97 Å². The fourth-order valence-corrected chi connectivity index (χ4v) is 1.13. The molecule has 0 aliphatic rings. The van der Waals surface area contributed by atoms with Crippen LogP contribution >= 0.6 is 0 Å². The lowest BCUT2D eigenvalue weighted by Gasteiger charge is -2.04. The molecule has 2 rings (SSSR count). The van der Waals surface area contributed by atoms with Gasteiger partial charge in [-0.15, -0.1) is 0 Å². The van der Waals surface area contributed by atoms with Crippen LogP contribution in [0.25, 0.3) is 0 Å². The Kier molecular flexibility index (Phi) is 5.46. The minimum atomic E-state index is -0.959. The Morgan fingerprint density at radius 1 is 1.35 bits per heavy atom. The third-order valence-corrected chi connectivity index (χ3v) is 1.96. The van der Waals surface area contributed by atoms with Crippen molar-refractivity contribution in [2.75, 3.05) is 0 Å². The molecule has 0 saturated carbocycles. The molecule has 1 heterocycles. The summed E-state index contributed by atoms with van der Waals surface area (Å²) in [5.41, 5.74) is 6.30. The molecule has 0 spiro atoms. The number of hydrogen-bond donors (Lipinski definition) is 2. The Morgan fingerprint density at radius 2 is 2.06 bits per heavy atom. The van der Waals surface area contributed by atoms with Crippen LogP contribution in [0.4, 0.5) is 0 Å². The van der Waals surface area contributed by atoms with Crippen molar-refractivity contribution in [2.24, 2.45) is 5.73 Å². The third-order valence-electron chi connectivity index (χ3n) is 1.96. The van der Waals surface area contributed by atoms with Crippen molar-refractivity contribution in [1.29, 1.82) is 0 Å². The number of aliphatic carboxylic acids is 1. The molecule has 90 valence electrons. The molecule has 17 heavy (non-hydrogen) atoms. The molecule has 0 amide bonds. The molecule has 0 radical (unpaired) electrons. The van der Waals surface area contributed by atoms with Crippen molar-refractivity contribution in [3.05, 3.63) is 54.4 Å². The topological polar surface area (TPSA) is 89.4 Å². The van der Waals surface area contributed by atoms with Crippen LogP contribution in [-0.2, 0) is 11.2 Å². The summed E-state index contributed by atoms with van der Waals surface area (Å²) in [7, 11) is 0. The summed E-state index contributed by atoms with van der Waals surface area (Å²) in [5.74, 6) is -0.959. The average Bonchev–Trinajstić information content (AvgIpc) is 2.89. The maximum Gasteiger partial charge on any atom is 0.320 e. The van der Waals surface area contributed by atoms with E-state index in [1.807, 2.05) is 30.3 Å². The van der Waals surface area contributed by atoms with Crippen molar-refractivity contribution < 1.29 is 14.4 Å². The highest BCUT2D eigenvalue weighted by Gasteiger charge is 2.10. The lowest BCUT2D eigenvalue weighted by Crippen LogP contribution is -2.32. The number of aromatic nitrogens is 1. The normalized spacial score (nSPS) is 11.1. The summed E-state index contributed by atoms with van der Waals surface area (Å²) in [6.07, 6.45) is 3.48. The average molecular weight is 234 g/mol. The second kappa shape index (κ2) is 7.19. The van der Waals surface area contributed by atoms with Gasteiger partial charge in [0, 0.05) is 0 Å². The Hall–Kier alpha value is -2.14. The molecule has 0 aliphatic carbocycles. The van der Waals surface area contributed by atoms with Crippen LogP contribution in [0.5, 0.6) is 0 Å². The molecule has 0 aliphatic heterocycles. The van der Waals surface area contributed by atoms with E-state index < -0.39 is 12.0 Å². The van der Waals surface area contributed by atoms with E-state index in [-0.39, 0.29) is 0 Å². The van der Waals surface area contributed by atoms with Crippen LogP contribution in [-0.4, -0.2) is 22.3 Å². The van der Waals surface area contributed by atoms with Gasteiger partial charge in [-0.05, 0) is 18.1 Å². The fourth-order valence-electron chi connectivity index (χ4n) is 1.13. The quantitative estimate of drug-likeness (QED) is 0.835. The number of benzene rings is 1. The Bertz CT molecular complexity index is 397. The van der Waals surface area contributed by atoms with E-state index in [2.05, 4.69) is 9.68 Å². The summed E-state index contributed by atoms with van der Waals surface area (Å²) in [6.45, 7) is 0. The third kappa shape index (κ3) is 5.48. The number of nitrogens with two attached hydrogens (primary N) is 1. The molecule has 2 aromatic rings. The summed E-state index contributed by atoms with van der Waals surface area (Å²) >= 11 is 0. The first-order valence-corrected chi connectivity index (χ1v) is 5.07. The highest BCUT2D eigenvalue weighted by atomic mass is 16.5. The molecule has 1 atom stereocenters. The van der Waals surface area contributed by atoms with E-state index in [0.717, 1.165) is 5.56 Å². The highest BCUT2D eigenvalue weighted by Crippen LogP contribution is 2.01. The molecule has 0 saturated heterocycles. The second-order valence-corrected chi connectivity index (χ2v) is 3.32. The largest absolute Gasteiger partial charge is 0.480 e. The standard InChI is InChI=1S/C9H11NO2.C3H3NO/c10-8(9(11)12)6-7-4-2-1-3-5-7;1-2-4-5-3-1/h1-5,8H,6,10H2,(H,11,12);1-3H. The van der Waals surface area contributed by atoms with Crippen molar-refractivity contribution >= 4 is 5.97 Å². The van der Waals surface area contributed by atoms with Crippen LogP contribution in [0, 0.1) is 0 Å². The van der Waals surface area contributed by atoms with Crippen LogP contribution < -0.4 is 5.73 Å². The van der Waals surface area contributed by atoms with E-state index in [1.165, 1.54) is 6.26 Å². The van der Waals surface area contributed by atoms with Gasteiger partial charge < -0.3 is 15.4 Å². The highest BCUT2D eigenvalue weighted by molar-refractivity contribution is 5.73. The molecule has 1 aromatic heterocycles. The van der Waals surface area contributed by atoms with Gasteiger partial charge in [-0.1, -0.05) is 35.5 Å². The molecule has 1 aromatic carbocycles. The number of carboxylic acids is 1. The van der Waals surface area contributed by atoms with Crippen LogP contribution in [0.15, 0.2) is 53.4 Å². The van der Waals surface area contributed by atoms with Crippen LogP contribution in [0.3, 0.4) is 0 Å². The fraction of sp³-hybridized carbons (Fsp3) is 0.167. The second-order valence-electron chi connectivity index (χ2n) is 3.32. The summed E-state index contributed by atoms with van der Waals surface area (Å²) in [4.78, 5) is 10.4. The minimum absolute atomic E-state index is 0.385. The van der Waals surface area contributed by atoms with Gasteiger partial charge in [0.15, 0.2) is 0 Å². The van der Waals surface area contributed by atoms with Gasteiger partial charge in [-0.2, -0.15) is 0 Å². The lowest BCUT2D eigenvalue weighted by atomic mass is 10.1. The van der Waals surface area contributed by atoms with Gasteiger partial charge in [-0.25, -0.2) is 0 Å². The monoisotopic (exact) mass is 234 g/mol. The number of nitrogens with zero attached hydrogens (tertiary/aromatic N) is 1. The van der Waals surface area contributed by atoms with Gasteiger partial charge in [0.05, 0.1) is 6.20 Å². The molecule has 5 heteroatoms. The zero-order valence-electron chi connectivity index (χ0n) is 9.19. The first-order chi connectivity index (χ1) is 8.20. The predicted octanol–water partition coefficient (Wildman–Crippen LogP) is 1.32. The number of carbonyl (C=O) groups is 1. The summed E-state index contributed by atoms with van der Waals surface area (Å²) in [5, 5.41) is 11.9. The first kappa shape index (κ1) is 12.9. The number of hydrogen-bond acceptors (Lipinski definition) is 4. The van der Waals surface area contributed by atoms with Gasteiger partial charge in [0.2, 0.25) is 0 Å². The van der Waals surface area contributed by atoms with Crippen molar-refractivity contribution in [3.63, 3.8) is 0 Å². The Balaban J connectivity index is 0.000000239. The zero-order valence-corrected chi connectivity index (χ0v) is 9.19. The Labute approximate surface area is 98.9 Å². The molecule has 0 fully saturated rings. The van der Waals surface area contributed by atoms with Gasteiger partial charge in [0.25, 0.3) is 0 Å². The Morgan fingerprint density at radius 3 is 2.47 bits per heavy atom. The number of rotatable bonds is 3. The van der Waals surface area contributed by atoms with E-state index in [0.29, 0.717) is 6.42 Å². The van der Waals surface area contributed by atoms with E-state index >= 15 is 0 Å². The van der Waals surface area contributed by atoms with Crippen LogP contribution in [0.2, 0.25) is 0 Å². The predicted molar refractivity (Wildman–Crippen MR) is 62.3 cm³/mol. The smallest absolute Gasteiger partial charge is 0.320 e. The first-order valence-electron chi connectivity index (χ1n) is 5.07. The van der Waals surface area contributed by atoms with E-state index in [1.54, 1.807) is 12.3 Å². The molecular weight excluding hydrogens is 220 g/mol. The van der Waals surface area contributed by atoms with Gasteiger partial charge in [0.1, 0.15) is 12.3 Å². The summed E-state index contributed by atoms with van der Waals surface area (Å²) in [6, 6.07) is 10.3. The maximum atomic E-state index is 10.4. The molecule has 1 unspecified atom stereocenters. The SMILES string of the molecule is NC(Cc1ccccc1)C(=O)O.c1cnoc1. The molecule has 0 bridgehead atoms. The van der Waals surface area contributed by atoms with Crippen molar-refractivity contribution in [1.82, 2.24) is 5.16 Å². The van der Waals surface area contributed by atoms with E-state index in [9.17, 15) is 4.79 Å². The van der Waals surface area contributed by atoms with Gasteiger partial charge in [-0.3, -0.25) is 4.79 Å². The molecule has 5 nitrogen and oxygen atoms in total. The van der Waals surface area contributed by atoms with Crippen LogP contribution in [0.1, 0.15) is 5.56 Å². The number of carboxylic acid groups (broad SMARTS) is 1. The summed E-state index contributed by atoms with van der Waals surface area (Å²) < 4.78 is 4.33. The zero-order chi connectivity index (χ0) is 12.5. The minimum Gasteiger partial charge on any atom is -0.480 e. The molecular formula is C12H14N2O3. The van der Waals surface area contributed by atoms with Crippen molar-refractivity contribution in [3.8, 4) is 0 Å².